The SMILES string of the molecule is CN(Cc1ccc(-c2ccccc2)cc1)Cc1nnsc1Cl. The normalized spacial score (nSPS) is 11.0. The Bertz CT molecular complexity index is 725. The molecule has 2 aromatic carbocycles. The van der Waals surface area contributed by atoms with E-state index in [-0.39, 0.29) is 0 Å². The van der Waals surface area contributed by atoms with Crippen molar-refractivity contribution in [2.24, 2.45) is 0 Å². The lowest BCUT2D eigenvalue weighted by Crippen LogP contribution is -2.17. The first-order valence-electron chi connectivity index (χ1n) is 7.02. The Hall–Kier alpha value is -1.75. The Kier molecular flexibility index (Phi) is 4.83. The van der Waals surface area contributed by atoms with Crippen molar-refractivity contribution in [2.45, 2.75) is 13.1 Å². The van der Waals surface area contributed by atoms with Gasteiger partial charge in [-0.2, -0.15) is 0 Å². The molecule has 0 bridgehead atoms. The average molecular weight is 330 g/mol. The number of nitrogens with zero attached hydrogens (tertiary/aromatic N) is 3. The summed E-state index contributed by atoms with van der Waals surface area (Å²) in [4.78, 5) is 2.18. The van der Waals surface area contributed by atoms with E-state index < -0.39 is 0 Å². The zero-order valence-corrected chi connectivity index (χ0v) is 13.8. The van der Waals surface area contributed by atoms with E-state index in [2.05, 4.69) is 70.1 Å². The van der Waals surface area contributed by atoms with Crippen molar-refractivity contribution < 1.29 is 0 Å². The molecule has 3 rings (SSSR count). The van der Waals surface area contributed by atoms with Crippen molar-refractivity contribution >= 4 is 23.1 Å². The number of halogens is 1. The summed E-state index contributed by atoms with van der Waals surface area (Å²) in [5.41, 5.74) is 4.58. The van der Waals surface area contributed by atoms with Gasteiger partial charge in [0.2, 0.25) is 0 Å². The van der Waals surface area contributed by atoms with Crippen molar-refractivity contribution in [2.75, 3.05) is 7.05 Å². The summed E-state index contributed by atoms with van der Waals surface area (Å²) in [6.07, 6.45) is 0. The second kappa shape index (κ2) is 7.01. The fourth-order valence-electron chi connectivity index (χ4n) is 2.35. The molecule has 0 N–H and O–H groups in total. The van der Waals surface area contributed by atoms with Crippen LogP contribution in [0.25, 0.3) is 11.1 Å². The predicted molar refractivity (Wildman–Crippen MR) is 92.0 cm³/mol. The minimum absolute atomic E-state index is 0.672. The quantitative estimate of drug-likeness (QED) is 0.690. The van der Waals surface area contributed by atoms with E-state index >= 15 is 0 Å². The largest absolute Gasteiger partial charge is 0.296 e. The van der Waals surface area contributed by atoms with Crippen LogP contribution in [-0.4, -0.2) is 21.5 Å². The molecule has 0 radical (unpaired) electrons. The van der Waals surface area contributed by atoms with E-state index in [1.165, 1.54) is 28.2 Å². The van der Waals surface area contributed by atoms with Gasteiger partial charge in [0, 0.05) is 24.6 Å². The highest BCUT2D eigenvalue weighted by atomic mass is 35.5. The third-order valence-electron chi connectivity index (χ3n) is 3.44. The van der Waals surface area contributed by atoms with Gasteiger partial charge in [0.1, 0.15) is 10.0 Å². The fourth-order valence-corrected chi connectivity index (χ4v) is 2.96. The molecule has 0 saturated heterocycles. The summed E-state index contributed by atoms with van der Waals surface area (Å²) in [6.45, 7) is 1.55. The van der Waals surface area contributed by atoms with Crippen LogP contribution in [0.4, 0.5) is 0 Å². The first-order chi connectivity index (χ1) is 10.7. The minimum Gasteiger partial charge on any atom is -0.296 e. The van der Waals surface area contributed by atoms with E-state index in [0.717, 1.165) is 12.2 Å². The molecule has 0 atom stereocenters. The Labute approximate surface area is 139 Å². The molecule has 0 spiro atoms. The van der Waals surface area contributed by atoms with Gasteiger partial charge < -0.3 is 0 Å². The molecule has 1 aromatic heterocycles. The molecule has 0 aliphatic heterocycles. The molecule has 0 fully saturated rings. The zero-order valence-electron chi connectivity index (χ0n) is 12.2. The van der Waals surface area contributed by atoms with Crippen LogP contribution in [0.1, 0.15) is 11.3 Å². The topological polar surface area (TPSA) is 29.0 Å². The number of aromatic nitrogens is 2. The summed E-state index contributed by atoms with van der Waals surface area (Å²) < 4.78 is 4.53. The highest BCUT2D eigenvalue weighted by Crippen LogP contribution is 2.21. The zero-order chi connectivity index (χ0) is 15.4. The molecule has 5 heteroatoms. The van der Waals surface area contributed by atoms with E-state index in [0.29, 0.717) is 10.9 Å². The van der Waals surface area contributed by atoms with Crippen LogP contribution in [0.15, 0.2) is 54.6 Å². The van der Waals surface area contributed by atoms with Gasteiger partial charge in [0.15, 0.2) is 0 Å². The molecule has 1 heterocycles. The summed E-state index contributed by atoms with van der Waals surface area (Å²) in [7, 11) is 2.06. The van der Waals surface area contributed by atoms with Crippen molar-refractivity contribution in [1.29, 1.82) is 0 Å². The van der Waals surface area contributed by atoms with Gasteiger partial charge in [0.05, 0.1) is 0 Å². The molecule has 0 unspecified atom stereocenters. The predicted octanol–water partition coefficient (Wildman–Crippen LogP) is 4.49. The maximum Gasteiger partial charge on any atom is 0.138 e. The van der Waals surface area contributed by atoms with Crippen molar-refractivity contribution in [3.63, 3.8) is 0 Å². The summed E-state index contributed by atoms with van der Waals surface area (Å²) in [6, 6.07) is 19.1. The highest BCUT2D eigenvalue weighted by Gasteiger charge is 2.09. The second-order valence-electron chi connectivity index (χ2n) is 5.23. The smallest absolute Gasteiger partial charge is 0.138 e. The number of hydrogen-bond acceptors (Lipinski definition) is 4. The van der Waals surface area contributed by atoms with Gasteiger partial charge in [-0.1, -0.05) is 70.7 Å². The van der Waals surface area contributed by atoms with Gasteiger partial charge in [-0.3, -0.25) is 4.90 Å². The van der Waals surface area contributed by atoms with Crippen LogP contribution in [0.5, 0.6) is 0 Å². The molecule has 0 saturated carbocycles. The van der Waals surface area contributed by atoms with Gasteiger partial charge >= 0.3 is 0 Å². The van der Waals surface area contributed by atoms with Crippen LogP contribution in [0.3, 0.4) is 0 Å². The van der Waals surface area contributed by atoms with Crippen LogP contribution < -0.4 is 0 Å². The lowest BCUT2D eigenvalue weighted by molar-refractivity contribution is 0.315. The average Bonchev–Trinajstić information content (AvgIpc) is 2.94. The lowest BCUT2D eigenvalue weighted by atomic mass is 10.0. The third-order valence-corrected chi connectivity index (χ3v) is 4.43. The molecule has 3 aromatic rings. The van der Waals surface area contributed by atoms with E-state index in [4.69, 9.17) is 11.6 Å². The molecule has 0 aliphatic carbocycles. The molecule has 3 nitrogen and oxygen atoms in total. The van der Waals surface area contributed by atoms with Gasteiger partial charge in [-0.25, -0.2) is 0 Å². The van der Waals surface area contributed by atoms with Crippen LogP contribution >= 0.6 is 23.1 Å². The number of hydrogen-bond donors (Lipinski definition) is 0. The molecular weight excluding hydrogens is 314 g/mol. The second-order valence-corrected chi connectivity index (χ2v) is 6.58. The van der Waals surface area contributed by atoms with Crippen molar-refractivity contribution in [3.8, 4) is 11.1 Å². The van der Waals surface area contributed by atoms with Crippen LogP contribution in [-0.2, 0) is 13.1 Å². The van der Waals surface area contributed by atoms with E-state index in [1.54, 1.807) is 0 Å². The highest BCUT2D eigenvalue weighted by molar-refractivity contribution is 7.10. The molecule has 22 heavy (non-hydrogen) atoms. The first kappa shape index (κ1) is 15.2. The standard InChI is InChI=1S/C17H16ClN3S/c1-21(12-16-17(18)22-20-19-16)11-13-7-9-15(10-8-13)14-5-3-2-4-6-14/h2-10H,11-12H2,1H3. The van der Waals surface area contributed by atoms with Gasteiger partial charge in [0.25, 0.3) is 0 Å². The Balaban J connectivity index is 1.65. The minimum atomic E-state index is 0.672. The maximum atomic E-state index is 6.04. The van der Waals surface area contributed by atoms with Gasteiger partial charge in [-0.15, -0.1) is 5.10 Å². The van der Waals surface area contributed by atoms with Crippen molar-refractivity contribution in [1.82, 2.24) is 14.5 Å². The Morgan fingerprint density at radius 2 is 1.64 bits per heavy atom. The number of benzene rings is 2. The Morgan fingerprint density at radius 1 is 0.955 bits per heavy atom. The molecule has 0 amide bonds. The van der Waals surface area contributed by atoms with E-state index in [9.17, 15) is 0 Å². The summed E-state index contributed by atoms with van der Waals surface area (Å²) >= 11 is 7.27. The third kappa shape index (κ3) is 3.71. The van der Waals surface area contributed by atoms with Crippen LogP contribution in [0.2, 0.25) is 4.34 Å². The lowest BCUT2D eigenvalue weighted by Gasteiger charge is -2.15. The fraction of sp³-hybridized carbons (Fsp3) is 0.176. The maximum absolute atomic E-state index is 6.04. The monoisotopic (exact) mass is 329 g/mol. The van der Waals surface area contributed by atoms with Gasteiger partial charge in [-0.05, 0) is 23.7 Å². The summed E-state index contributed by atoms with van der Waals surface area (Å²) in [5, 5.41) is 4.05. The molecule has 112 valence electrons. The van der Waals surface area contributed by atoms with E-state index in [1.807, 2.05) is 6.07 Å². The summed E-state index contributed by atoms with van der Waals surface area (Å²) in [5.74, 6) is 0. The number of rotatable bonds is 5. The first-order valence-corrected chi connectivity index (χ1v) is 8.17. The Morgan fingerprint density at radius 3 is 2.27 bits per heavy atom. The molecule has 0 aliphatic rings. The van der Waals surface area contributed by atoms with Crippen molar-refractivity contribution in [3.05, 3.63) is 70.2 Å². The molecular formula is C17H16ClN3S. The van der Waals surface area contributed by atoms with Crippen LogP contribution in [0, 0.1) is 0 Å².